The summed E-state index contributed by atoms with van der Waals surface area (Å²) in [6.07, 6.45) is 2.21. The van der Waals surface area contributed by atoms with Crippen molar-refractivity contribution in [3.8, 4) is 0 Å². The molecule has 1 aromatic rings. The normalized spacial score (nSPS) is 17.0. The van der Waals surface area contributed by atoms with Crippen molar-refractivity contribution in [1.29, 1.82) is 0 Å². The Balaban J connectivity index is 2.05. The van der Waals surface area contributed by atoms with Gasteiger partial charge in [0.15, 0.2) is 0 Å². The second-order valence-corrected chi connectivity index (χ2v) is 4.40. The van der Waals surface area contributed by atoms with E-state index in [9.17, 15) is 9.59 Å². The highest BCUT2D eigenvalue weighted by molar-refractivity contribution is 5.32. The number of nitrogens with one attached hydrogen (secondary N) is 3. The van der Waals surface area contributed by atoms with Gasteiger partial charge in [-0.1, -0.05) is 0 Å². The molecule has 0 bridgehead atoms. The zero-order valence-corrected chi connectivity index (χ0v) is 9.82. The third-order valence-corrected chi connectivity index (χ3v) is 3.05. The van der Waals surface area contributed by atoms with Crippen molar-refractivity contribution in [2.75, 3.05) is 31.6 Å². The fraction of sp³-hybridized carbons (Fsp3) is 0.700. The lowest BCUT2D eigenvalue weighted by molar-refractivity contribution is 0.377. The Bertz CT molecular complexity index is 474. The molecule has 2 rings (SSSR count). The fourth-order valence-corrected chi connectivity index (χ4v) is 2.14. The number of rotatable bonds is 3. The molecule has 0 unspecified atom stereocenters. The van der Waals surface area contributed by atoms with Gasteiger partial charge in [-0.05, 0) is 31.8 Å². The smallest absolute Gasteiger partial charge is 0.342 e. The molecule has 1 aliphatic heterocycles. The molecule has 1 saturated heterocycles. The Hall–Kier alpha value is -1.63. The molecule has 2 heterocycles. The van der Waals surface area contributed by atoms with Gasteiger partial charge in [-0.15, -0.1) is 5.10 Å². The summed E-state index contributed by atoms with van der Waals surface area (Å²) in [4.78, 5) is 26.4. The number of aromatic amines is 2. The molecule has 0 amide bonds. The second-order valence-electron chi connectivity index (χ2n) is 4.40. The van der Waals surface area contributed by atoms with Crippen LogP contribution in [0, 0.1) is 5.92 Å². The van der Waals surface area contributed by atoms with Gasteiger partial charge >= 0.3 is 5.69 Å². The summed E-state index contributed by atoms with van der Waals surface area (Å²) >= 11 is 0. The lowest BCUT2D eigenvalue weighted by atomic mass is 9.98. The summed E-state index contributed by atoms with van der Waals surface area (Å²) in [5, 5.41) is 9.31. The summed E-state index contributed by atoms with van der Waals surface area (Å²) in [7, 11) is 1.82. The third kappa shape index (κ3) is 2.94. The largest absolute Gasteiger partial charge is 0.353 e. The zero-order chi connectivity index (χ0) is 12.3. The lowest BCUT2D eigenvalue weighted by Crippen LogP contribution is -2.38. The molecule has 0 spiro atoms. The molecule has 17 heavy (non-hydrogen) atoms. The minimum atomic E-state index is -0.575. The zero-order valence-electron chi connectivity index (χ0n) is 9.82. The highest BCUT2D eigenvalue weighted by Crippen LogP contribution is 2.14. The first-order valence-corrected chi connectivity index (χ1v) is 5.77. The number of piperidine rings is 1. The van der Waals surface area contributed by atoms with Gasteiger partial charge in [-0.3, -0.25) is 9.78 Å². The van der Waals surface area contributed by atoms with Gasteiger partial charge in [0, 0.05) is 13.6 Å². The van der Waals surface area contributed by atoms with Crippen LogP contribution in [0.3, 0.4) is 0 Å². The monoisotopic (exact) mass is 239 g/mol. The molecule has 0 saturated carbocycles. The van der Waals surface area contributed by atoms with Crippen molar-refractivity contribution in [2.45, 2.75) is 12.8 Å². The highest BCUT2D eigenvalue weighted by atomic mass is 16.2. The maximum absolute atomic E-state index is 11.5. The van der Waals surface area contributed by atoms with Gasteiger partial charge in [0.1, 0.15) is 0 Å². The standard InChI is InChI=1S/C10H17N5O2/c1-15(6-7-2-4-11-5-3-7)8-9(16)12-10(17)14-13-8/h7,11H,2-6H2,1H3,(H2,12,14,16,17). The van der Waals surface area contributed by atoms with Crippen LogP contribution in [0.4, 0.5) is 5.82 Å². The molecular formula is C10H17N5O2. The average molecular weight is 239 g/mol. The van der Waals surface area contributed by atoms with E-state index in [0.717, 1.165) is 32.5 Å². The Labute approximate surface area is 98.2 Å². The van der Waals surface area contributed by atoms with Crippen molar-refractivity contribution in [1.82, 2.24) is 20.5 Å². The summed E-state index contributed by atoms with van der Waals surface area (Å²) in [6, 6.07) is 0. The van der Waals surface area contributed by atoms with Crippen LogP contribution >= 0.6 is 0 Å². The molecule has 1 fully saturated rings. The number of aromatic nitrogens is 3. The van der Waals surface area contributed by atoms with Crippen LogP contribution in [0.2, 0.25) is 0 Å². The predicted molar refractivity (Wildman–Crippen MR) is 64.3 cm³/mol. The van der Waals surface area contributed by atoms with E-state index in [2.05, 4.69) is 20.5 Å². The molecule has 3 N–H and O–H groups in total. The summed E-state index contributed by atoms with van der Waals surface area (Å²) < 4.78 is 0. The highest BCUT2D eigenvalue weighted by Gasteiger charge is 2.17. The first-order valence-electron chi connectivity index (χ1n) is 5.77. The van der Waals surface area contributed by atoms with E-state index in [1.165, 1.54) is 0 Å². The second kappa shape index (κ2) is 5.13. The maximum atomic E-state index is 11.5. The van der Waals surface area contributed by atoms with Crippen LogP contribution in [0.15, 0.2) is 9.59 Å². The van der Waals surface area contributed by atoms with Gasteiger partial charge in [0.25, 0.3) is 5.56 Å². The molecule has 0 aliphatic carbocycles. The predicted octanol–water partition coefficient (Wildman–Crippen LogP) is -1.11. The molecule has 0 atom stereocenters. The Morgan fingerprint density at radius 1 is 1.35 bits per heavy atom. The quantitative estimate of drug-likeness (QED) is 0.622. The first kappa shape index (κ1) is 11.8. The number of anilines is 1. The minimum absolute atomic E-state index is 0.267. The maximum Gasteiger partial charge on any atom is 0.342 e. The van der Waals surface area contributed by atoms with Crippen molar-refractivity contribution in [2.24, 2.45) is 5.92 Å². The van der Waals surface area contributed by atoms with E-state index >= 15 is 0 Å². The summed E-state index contributed by atoms with van der Waals surface area (Å²) in [5.74, 6) is 0.831. The molecule has 94 valence electrons. The van der Waals surface area contributed by atoms with E-state index in [0.29, 0.717) is 5.92 Å². The van der Waals surface area contributed by atoms with Gasteiger partial charge in [0.05, 0.1) is 0 Å². The van der Waals surface area contributed by atoms with Crippen molar-refractivity contribution in [3.05, 3.63) is 20.8 Å². The molecule has 1 aromatic heterocycles. The Morgan fingerprint density at radius 2 is 2.06 bits per heavy atom. The van der Waals surface area contributed by atoms with Crippen LogP contribution in [-0.4, -0.2) is 41.9 Å². The van der Waals surface area contributed by atoms with Crippen molar-refractivity contribution in [3.63, 3.8) is 0 Å². The molecule has 1 aliphatic rings. The minimum Gasteiger partial charge on any atom is -0.353 e. The number of H-pyrrole nitrogens is 2. The summed E-state index contributed by atoms with van der Waals surface area (Å²) in [5.41, 5.74) is -1.01. The van der Waals surface area contributed by atoms with E-state index < -0.39 is 11.2 Å². The van der Waals surface area contributed by atoms with Gasteiger partial charge in [0.2, 0.25) is 5.82 Å². The van der Waals surface area contributed by atoms with Gasteiger partial charge < -0.3 is 10.2 Å². The lowest BCUT2D eigenvalue weighted by Gasteiger charge is -2.27. The third-order valence-electron chi connectivity index (χ3n) is 3.05. The number of nitrogens with zero attached hydrogens (tertiary/aromatic N) is 2. The first-order chi connectivity index (χ1) is 8.16. The number of hydrogen-bond acceptors (Lipinski definition) is 5. The molecular weight excluding hydrogens is 222 g/mol. The van der Waals surface area contributed by atoms with Crippen LogP contribution in [-0.2, 0) is 0 Å². The van der Waals surface area contributed by atoms with Crippen molar-refractivity contribution < 1.29 is 0 Å². The van der Waals surface area contributed by atoms with Crippen molar-refractivity contribution >= 4 is 5.82 Å². The van der Waals surface area contributed by atoms with Crippen LogP contribution in [0.1, 0.15) is 12.8 Å². The van der Waals surface area contributed by atoms with E-state index in [1.807, 2.05) is 7.05 Å². The van der Waals surface area contributed by atoms with E-state index in [4.69, 9.17) is 0 Å². The Kier molecular flexibility index (Phi) is 3.58. The summed E-state index contributed by atoms with van der Waals surface area (Å²) in [6.45, 7) is 2.83. The van der Waals surface area contributed by atoms with Gasteiger partial charge in [-0.25, -0.2) is 9.89 Å². The molecule has 0 radical (unpaired) electrons. The SMILES string of the molecule is CN(CC1CCNCC1)c1n[nH]c(=O)[nH]c1=O. The molecule has 7 nitrogen and oxygen atoms in total. The average Bonchev–Trinajstić information content (AvgIpc) is 2.30. The molecule has 7 heteroatoms. The molecule has 0 aromatic carbocycles. The van der Waals surface area contributed by atoms with E-state index in [1.54, 1.807) is 4.90 Å². The topological polar surface area (TPSA) is 93.9 Å². The fourth-order valence-electron chi connectivity index (χ4n) is 2.14. The van der Waals surface area contributed by atoms with Crippen LogP contribution in [0.5, 0.6) is 0 Å². The number of hydrogen-bond donors (Lipinski definition) is 3. The van der Waals surface area contributed by atoms with Crippen LogP contribution in [0.25, 0.3) is 0 Å². The van der Waals surface area contributed by atoms with Gasteiger partial charge in [-0.2, -0.15) is 0 Å². The van der Waals surface area contributed by atoms with Crippen LogP contribution < -0.4 is 21.5 Å². The Morgan fingerprint density at radius 3 is 2.71 bits per heavy atom. The van der Waals surface area contributed by atoms with E-state index in [-0.39, 0.29) is 5.82 Å².